The lowest BCUT2D eigenvalue weighted by atomic mass is 10.00. The molecule has 0 radical (unpaired) electrons. The Kier molecular flexibility index (Phi) is 4.40. The molecule has 3 heterocycles. The maximum absolute atomic E-state index is 6.26. The SMILES string of the molecule is Clc1ccc(-c2cc(-c3ccc(Cl)cc3)c3c(n2)sc2c(Cl)nnnc23)cc1. The molecule has 28 heavy (non-hydrogen) atoms. The van der Waals surface area contributed by atoms with Crippen molar-refractivity contribution in [2.45, 2.75) is 0 Å². The summed E-state index contributed by atoms with van der Waals surface area (Å²) in [6.07, 6.45) is 0. The fourth-order valence-electron chi connectivity index (χ4n) is 3.10. The third-order valence-electron chi connectivity index (χ3n) is 4.40. The molecule has 0 atom stereocenters. The Labute approximate surface area is 178 Å². The summed E-state index contributed by atoms with van der Waals surface area (Å²) in [5.74, 6) is 0. The van der Waals surface area contributed by atoms with E-state index in [1.54, 1.807) is 0 Å². The van der Waals surface area contributed by atoms with Crippen molar-refractivity contribution in [3.05, 3.63) is 69.8 Å². The molecule has 0 spiro atoms. The highest BCUT2D eigenvalue weighted by molar-refractivity contribution is 7.26. The van der Waals surface area contributed by atoms with Gasteiger partial charge in [0.25, 0.3) is 0 Å². The summed E-state index contributed by atoms with van der Waals surface area (Å²) in [6.45, 7) is 0. The molecule has 0 aliphatic heterocycles. The van der Waals surface area contributed by atoms with E-state index >= 15 is 0 Å². The van der Waals surface area contributed by atoms with Crippen molar-refractivity contribution in [3.8, 4) is 22.4 Å². The van der Waals surface area contributed by atoms with Gasteiger partial charge in [0.05, 0.1) is 10.4 Å². The summed E-state index contributed by atoms with van der Waals surface area (Å²) in [4.78, 5) is 5.67. The van der Waals surface area contributed by atoms with E-state index < -0.39 is 0 Å². The molecular formula is C20H9Cl3N4S. The van der Waals surface area contributed by atoms with Crippen molar-refractivity contribution in [2.24, 2.45) is 0 Å². The highest BCUT2D eigenvalue weighted by atomic mass is 35.5. The average Bonchev–Trinajstić information content (AvgIpc) is 3.09. The highest BCUT2D eigenvalue weighted by Gasteiger charge is 2.18. The molecule has 5 rings (SSSR count). The molecule has 0 N–H and O–H groups in total. The summed E-state index contributed by atoms with van der Waals surface area (Å²) < 4.78 is 0.766. The van der Waals surface area contributed by atoms with E-state index in [1.807, 2.05) is 54.6 Å². The number of thiophene rings is 1. The van der Waals surface area contributed by atoms with Gasteiger partial charge in [-0.1, -0.05) is 59.1 Å². The maximum Gasteiger partial charge on any atom is 0.172 e. The zero-order valence-electron chi connectivity index (χ0n) is 14.0. The molecule has 4 nitrogen and oxygen atoms in total. The van der Waals surface area contributed by atoms with Gasteiger partial charge in [-0.3, -0.25) is 0 Å². The van der Waals surface area contributed by atoms with Gasteiger partial charge < -0.3 is 0 Å². The van der Waals surface area contributed by atoms with E-state index in [-0.39, 0.29) is 0 Å². The number of benzene rings is 2. The predicted octanol–water partition coefficient (Wildman–Crippen LogP) is 6.93. The molecule has 8 heteroatoms. The third-order valence-corrected chi connectivity index (χ3v) is 6.36. The second-order valence-corrected chi connectivity index (χ2v) is 8.34. The van der Waals surface area contributed by atoms with Crippen LogP contribution < -0.4 is 0 Å². The molecule has 0 saturated heterocycles. The van der Waals surface area contributed by atoms with Crippen LogP contribution in [-0.2, 0) is 0 Å². The Morgan fingerprint density at radius 2 is 1.39 bits per heavy atom. The minimum atomic E-state index is 0.322. The molecular weight excluding hydrogens is 435 g/mol. The molecule has 0 saturated carbocycles. The highest BCUT2D eigenvalue weighted by Crippen LogP contribution is 2.41. The summed E-state index contributed by atoms with van der Waals surface area (Å²) >= 11 is 19.8. The van der Waals surface area contributed by atoms with Crippen molar-refractivity contribution >= 4 is 66.6 Å². The van der Waals surface area contributed by atoms with E-state index in [0.29, 0.717) is 20.7 Å². The second-order valence-electron chi connectivity index (χ2n) is 6.11. The third kappa shape index (κ3) is 3.01. The van der Waals surface area contributed by atoms with E-state index in [9.17, 15) is 0 Å². The fourth-order valence-corrected chi connectivity index (χ4v) is 4.60. The number of pyridine rings is 1. The zero-order chi connectivity index (χ0) is 19.3. The van der Waals surface area contributed by atoms with Crippen LogP contribution in [0.4, 0.5) is 0 Å². The van der Waals surface area contributed by atoms with Gasteiger partial charge in [-0.2, -0.15) is 0 Å². The van der Waals surface area contributed by atoms with Gasteiger partial charge >= 0.3 is 0 Å². The van der Waals surface area contributed by atoms with Crippen LogP contribution in [-0.4, -0.2) is 20.4 Å². The Hall–Kier alpha value is -2.31. The first kappa shape index (κ1) is 17.8. The van der Waals surface area contributed by atoms with Gasteiger partial charge in [-0.25, -0.2) is 4.98 Å². The number of hydrogen-bond donors (Lipinski definition) is 0. The molecule has 136 valence electrons. The number of fused-ring (bicyclic) bond motifs is 3. The lowest BCUT2D eigenvalue weighted by Gasteiger charge is -2.08. The lowest BCUT2D eigenvalue weighted by molar-refractivity contribution is 0.900. The molecule has 3 aromatic heterocycles. The minimum absolute atomic E-state index is 0.322. The van der Waals surface area contributed by atoms with Crippen molar-refractivity contribution in [3.63, 3.8) is 0 Å². The standard InChI is InChI=1S/C20H9Cl3N4S/c21-12-5-1-10(2-6-12)14-9-15(11-3-7-13(22)8-4-11)24-20-16(14)17-18(28-20)19(23)26-27-25-17/h1-9H. The Morgan fingerprint density at radius 3 is 2.07 bits per heavy atom. The van der Waals surface area contributed by atoms with E-state index in [0.717, 1.165) is 37.3 Å². The quantitative estimate of drug-likeness (QED) is 0.297. The largest absolute Gasteiger partial charge is 0.237 e. The number of halogens is 3. The van der Waals surface area contributed by atoms with Gasteiger partial charge in [0, 0.05) is 21.0 Å². The Morgan fingerprint density at radius 1 is 0.750 bits per heavy atom. The Balaban J connectivity index is 1.87. The van der Waals surface area contributed by atoms with Crippen molar-refractivity contribution in [1.82, 2.24) is 20.4 Å². The molecule has 0 aliphatic carbocycles. The van der Waals surface area contributed by atoms with Crippen molar-refractivity contribution in [1.29, 1.82) is 0 Å². The van der Waals surface area contributed by atoms with Crippen molar-refractivity contribution in [2.75, 3.05) is 0 Å². The monoisotopic (exact) mass is 442 g/mol. The second kappa shape index (κ2) is 6.94. The molecule has 0 unspecified atom stereocenters. The van der Waals surface area contributed by atoms with Crippen LogP contribution in [0.2, 0.25) is 15.2 Å². The van der Waals surface area contributed by atoms with Gasteiger partial charge in [0.1, 0.15) is 10.3 Å². The molecule has 2 aromatic carbocycles. The van der Waals surface area contributed by atoms with E-state index in [1.165, 1.54) is 11.3 Å². The summed E-state index contributed by atoms with van der Waals surface area (Å²) in [6, 6.07) is 17.3. The first-order chi connectivity index (χ1) is 13.6. The average molecular weight is 444 g/mol. The van der Waals surface area contributed by atoms with Gasteiger partial charge in [-0.15, -0.1) is 21.5 Å². The number of rotatable bonds is 2. The predicted molar refractivity (Wildman–Crippen MR) is 116 cm³/mol. The fraction of sp³-hybridized carbons (Fsp3) is 0. The van der Waals surface area contributed by atoms with E-state index in [4.69, 9.17) is 39.8 Å². The van der Waals surface area contributed by atoms with Crippen LogP contribution in [0.25, 0.3) is 42.8 Å². The van der Waals surface area contributed by atoms with Gasteiger partial charge in [0.15, 0.2) is 5.15 Å². The molecule has 0 bridgehead atoms. The number of aromatic nitrogens is 4. The molecule has 5 aromatic rings. The van der Waals surface area contributed by atoms with Crippen molar-refractivity contribution < 1.29 is 0 Å². The maximum atomic E-state index is 6.26. The normalized spacial score (nSPS) is 11.4. The van der Waals surface area contributed by atoms with Crippen LogP contribution in [0.5, 0.6) is 0 Å². The summed E-state index contributed by atoms with van der Waals surface area (Å²) in [5.41, 5.74) is 4.47. The number of hydrogen-bond acceptors (Lipinski definition) is 5. The summed E-state index contributed by atoms with van der Waals surface area (Å²) in [5, 5.41) is 14.5. The van der Waals surface area contributed by atoms with Crippen LogP contribution >= 0.6 is 46.1 Å². The lowest BCUT2D eigenvalue weighted by Crippen LogP contribution is -1.90. The van der Waals surface area contributed by atoms with Crippen LogP contribution in [0.15, 0.2) is 54.6 Å². The number of nitrogens with zero attached hydrogens (tertiary/aromatic N) is 4. The van der Waals surface area contributed by atoms with Gasteiger partial charge in [-0.05, 0) is 46.7 Å². The minimum Gasteiger partial charge on any atom is -0.237 e. The topological polar surface area (TPSA) is 51.6 Å². The van der Waals surface area contributed by atoms with Crippen LogP contribution in [0.3, 0.4) is 0 Å². The Bertz CT molecular complexity index is 1330. The van der Waals surface area contributed by atoms with Crippen LogP contribution in [0, 0.1) is 0 Å². The molecule has 0 fully saturated rings. The van der Waals surface area contributed by atoms with Gasteiger partial charge in [0.2, 0.25) is 0 Å². The van der Waals surface area contributed by atoms with Crippen LogP contribution in [0.1, 0.15) is 0 Å². The van der Waals surface area contributed by atoms with E-state index in [2.05, 4.69) is 15.4 Å². The first-order valence-corrected chi connectivity index (χ1v) is 10.2. The zero-order valence-corrected chi connectivity index (χ0v) is 17.1. The summed E-state index contributed by atoms with van der Waals surface area (Å²) in [7, 11) is 0. The smallest absolute Gasteiger partial charge is 0.172 e. The first-order valence-electron chi connectivity index (χ1n) is 8.24. The molecule has 0 aliphatic rings. The molecule has 0 amide bonds.